The molecule has 3 heterocycles. The number of nitrogens with zero attached hydrogens (tertiary/aromatic N) is 2. The minimum absolute atomic E-state index is 0.0148. The van der Waals surface area contributed by atoms with Crippen molar-refractivity contribution in [3.8, 4) is 0 Å². The van der Waals surface area contributed by atoms with Gasteiger partial charge in [-0.25, -0.2) is 0 Å². The highest BCUT2D eigenvalue weighted by molar-refractivity contribution is 6.15. The van der Waals surface area contributed by atoms with Gasteiger partial charge >= 0.3 is 0 Å². The molecule has 2 aromatic carbocycles. The zero-order chi connectivity index (χ0) is 16.8. The fourth-order valence-electron chi connectivity index (χ4n) is 3.52. The van der Waals surface area contributed by atoms with Crippen LogP contribution in [0, 0.1) is 0 Å². The first-order chi connectivity index (χ1) is 12.3. The van der Waals surface area contributed by atoms with E-state index < -0.39 is 0 Å². The zero-order valence-electron chi connectivity index (χ0n) is 13.4. The lowest BCUT2D eigenvalue weighted by atomic mass is 10.1. The van der Waals surface area contributed by atoms with Crippen LogP contribution >= 0.6 is 0 Å². The van der Waals surface area contributed by atoms with E-state index in [4.69, 9.17) is 0 Å². The topological polar surface area (TPSA) is 34.4 Å². The van der Waals surface area contributed by atoms with Crippen molar-refractivity contribution in [3.05, 3.63) is 96.3 Å². The summed E-state index contributed by atoms with van der Waals surface area (Å²) in [6.45, 7) is 0. The fourth-order valence-corrected chi connectivity index (χ4v) is 3.52. The lowest BCUT2D eigenvalue weighted by Gasteiger charge is -2.10. The number of hydrogen-bond acceptors (Lipinski definition) is 2. The van der Waals surface area contributed by atoms with Gasteiger partial charge in [-0.2, -0.15) is 0 Å². The van der Waals surface area contributed by atoms with Crippen molar-refractivity contribution in [3.63, 3.8) is 0 Å². The predicted octanol–water partition coefficient (Wildman–Crippen LogP) is 4.87. The number of carbonyl (C=O) groups is 1. The van der Waals surface area contributed by atoms with E-state index in [0.29, 0.717) is 11.3 Å². The monoisotopic (exact) mass is 322 g/mol. The van der Waals surface area contributed by atoms with Gasteiger partial charge in [-0.05, 0) is 24.3 Å². The van der Waals surface area contributed by atoms with Gasteiger partial charge in [0.2, 0.25) is 5.78 Å². The van der Waals surface area contributed by atoms with Gasteiger partial charge in [0.1, 0.15) is 0 Å². The van der Waals surface area contributed by atoms with Crippen molar-refractivity contribution >= 4 is 33.1 Å². The van der Waals surface area contributed by atoms with E-state index in [2.05, 4.69) is 23.2 Å². The first-order valence-corrected chi connectivity index (χ1v) is 8.21. The minimum atomic E-state index is 0.0148. The summed E-state index contributed by atoms with van der Waals surface area (Å²) in [6.07, 6.45) is 1.79. The maximum atomic E-state index is 13.1. The normalized spacial score (nSPS) is 11.4. The van der Waals surface area contributed by atoms with Crippen LogP contribution in [0.1, 0.15) is 16.1 Å². The van der Waals surface area contributed by atoms with Crippen LogP contribution in [0.5, 0.6) is 0 Å². The summed E-state index contributed by atoms with van der Waals surface area (Å²) in [5, 5.41) is 2.19. The molecule has 5 rings (SSSR count). The Kier molecular flexibility index (Phi) is 2.94. The van der Waals surface area contributed by atoms with E-state index in [9.17, 15) is 4.79 Å². The zero-order valence-corrected chi connectivity index (χ0v) is 13.4. The van der Waals surface area contributed by atoms with Crippen LogP contribution in [0.15, 0.2) is 85.1 Å². The Hall–Kier alpha value is -3.46. The minimum Gasteiger partial charge on any atom is -0.304 e. The van der Waals surface area contributed by atoms with Crippen molar-refractivity contribution < 1.29 is 4.79 Å². The van der Waals surface area contributed by atoms with Crippen LogP contribution in [-0.4, -0.2) is 15.2 Å². The van der Waals surface area contributed by atoms with E-state index in [1.54, 1.807) is 6.20 Å². The van der Waals surface area contributed by atoms with Crippen LogP contribution in [0.4, 0.5) is 0 Å². The predicted molar refractivity (Wildman–Crippen MR) is 100 cm³/mol. The van der Waals surface area contributed by atoms with Gasteiger partial charge in [0.05, 0.1) is 22.2 Å². The van der Waals surface area contributed by atoms with Gasteiger partial charge in [0, 0.05) is 22.5 Å². The Morgan fingerprint density at radius 1 is 0.720 bits per heavy atom. The van der Waals surface area contributed by atoms with Gasteiger partial charge in [0.15, 0.2) is 0 Å². The maximum absolute atomic E-state index is 13.1. The van der Waals surface area contributed by atoms with Crippen LogP contribution in [0.25, 0.3) is 27.3 Å². The number of benzene rings is 2. The van der Waals surface area contributed by atoms with Crippen LogP contribution in [0.2, 0.25) is 0 Å². The molecule has 25 heavy (non-hydrogen) atoms. The molecule has 0 unspecified atom stereocenters. The molecule has 3 nitrogen and oxygen atoms in total. The lowest BCUT2D eigenvalue weighted by Crippen LogP contribution is -2.06. The van der Waals surface area contributed by atoms with Gasteiger partial charge in [0.25, 0.3) is 0 Å². The molecule has 0 saturated carbocycles. The van der Waals surface area contributed by atoms with Crippen LogP contribution in [0.3, 0.4) is 0 Å². The second kappa shape index (κ2) is 5.28. The van der Waals surface area contributed by atoms with Crippen molar-refractivity contribution in [2.45, 2.75) is 0 Å². The number of para-hydroxylation sites is 1. The Bertz CT molecular complexity index is 1250. The van der Waals surface area contributed by atoms with Gasteiger partial charge in [-0.1, -0.05) is 54.6 Å². The van der Waals surface area contributed by atoms with Gasteiger partial charge < -0.3 is 4.40 Å². The summed E-state index contributed by atoms with van der Waals surface area (Å²) < 4.78 is 2.03. The highest BCUT2D eigenvalue weighted by Crippen LogP contribution is 2.30. The fraction of sp³-hybridized carbons (Fsp3) is 0. The molecule has 0 aliphatic rings. The third kappa shape index (κ3) is 1.99. The largest absolute Gasteiger partial charge is 0.304 e. The number of fused-ring (bicyclic) bond motifs is 6. The third-order valence-electron chi connectivity index (χ3n) is 4.63. The first kappa shape index (κ1) is 13.9. The van der Waals surface area contributed by atoms with Crippen LogP contribution < -0.4 is 0 Å². The molecule has 0 aliphatic carbocycles. The molecular weight excluding hydrogens is 308 g/mol. The second-order valence-corrected chi connectivity index (χ2v) is 6.05. The molecule has 0 bridgehead atoms. The summed E-state index contributed by atoms with van der Waals surface area (Å²) in [5.74, 6) is 0.0148. The van der Waals surface area contributed by atoms with E-state index in [0.717, 1.165) is 27.3 Å². The molecule has 0 atom stereocenters. The third-order valence-corrected chi connectivity index (χ3v) is 4.63. The average Bonchev–Trinajstić information content (AvgIpc) is 3.14. The average molecular weight is 322 g/mol. The number of carbonyl (C=O) groups excluding carboxylic acids is 1. The van der Waals surface area contributed by atoms with Gasteiger partial charge in [-0.15, -0.1) is 0 Å². The Morgan fingerprint density at radius 3 is 2.36 bits per heavy atom. The molecular formula is C22H14N2O. The number of rotatable bonds is 2. The van der Waals surface area contributed by atoms with E-state index in [1.807, 2.05) is 65.1 Å². The number of pyridine rings is 2. The molecule has 0 saturated heterocycles. The summed E-state index contributed by atoms with van der Waals surface area (Å²) >= 11 is 0. The quantitative estimate of drug-likeness (QED) is 0.343. The van der Waals surface area contributed by atoms with Crippen molar-refractivity contribution in [2.24, 2.45) is 0 Å². The van der Waals surface area contributed by atoms with E-state index in [-0.39, 0.29) is 5.78 Å². The van der Waals surface area contributed by atoms with Crippen molar-refractivity contribution in [2.75, 3.05) is 0 Å². The molecule has 0 radical (unpaired) electrons. The maximum Gasteiger partial charge on any atom is 0.209 e. The second-order valence-electron chi connectivity index (χ2n) is 6.05. The van der Waals surface area contributed by atoms with E-state index in [1.165, 1.54) is 0 Å². The molecule has 0 fully saturated rings. The molecule has 3 aromatic heterocycles. The number of hydrogen-bond donors (Lipinski definition) is 0. The summed E-state index contributed by atoms with van der Waals surface area (Å²) in [6, 6.07) is 25.4. The SMILES string of the molecule is O=C(c1ccccc1)c1ccc2c3ncccc3c3ccccc3n12. The summed E-state index contributed by atoms with van der Waals surface area (Å²) in [7, 11) is 0. The van der Waals surface area contributed by atoms with Crippen molar-refractivity contribution in [1.29, 1.82) is 0 Å². The standard InChI is InChI=1S/C22H14N2O/c25-22(15-7-2-1-3-8-15)20-13-12-19-21-17(10-6-14-23-21)16-9-4-5-11-18(16)24(19)20/h1-14H. The molecule has 5 aromatic rings. The number of ketones is 1. The van der Waals surface area contributed by atoms with E-state index >= 15 is 0 Å². The van der Waals surface area contributed by atoms with Crippen LogP contribution in [-0.2, 0) is 0 Å². The first-order valence-electron chi connectivity index (χ1n) is 8.21. The Balaban J connectivity index is 1.93. The molecule has 118 valence electrons. The molecule has 3 heteroatoms. The Morgan fingerprint density at radius 2 is 1.48 bits per heavy atom. The highest BCUT2D eigenvalue weighted by Gasteiger charge is 2.17. The molecule has 0 N–H and O–H groups in total. The highest BCUT2D eigenvalue weighted by atomic mass is 16.1. The Labute approximate surface area is 144 Å². The van der Waals surface area contributed by atoms with Crippen molar-refractivity contribution in [1.82, 2.24) is 9.38 Å². The molecule has 0 aliphatic heterocycles. The number of aromatic nitrogens is 2. The summed E-state index contributed by atoms with van der Waals surface area (Å²) in [4.78, 5) is 17.6. The molecule has 0 spiro atoms. The summed E-state index contributed by atoms with van der Waals surface area (Å²) in [5.41, 5.74) is 4.22. The lowest BCUT2D eigenvalue weighted by molar-refractivity contribution is 0.103. The van der Waals surface area contributed by atoms with Gasteiger partial charge in [-0.3, -0.25) is 9.78 Å². The smallest absolute Gasteiger partial charge is 0.209 e. The molecule has 0 amide bonds.